The molecule has 2 aliphatic rings. The van der Waals surface area contributed by atoms with Crippen LogP contribution in [0, 0.1) is 13.8 Å². The highest BCUT2D eigenvalue weighted by Gasteiger charge is 2.25. The summed E-state index contributed by atoms with van der Waals surface area (Å²) in [6.07, 6.45) is 4.77. The van der Waals surface area contributed by atoms with E-state index in [1.807, 2.05) is 27.8 Å². The number of likely N-dealkylation sites (tertiary alicyclic amines) is 1. The minimum absolute atomic E-state index is 0.108. The van der Waals surface area contributed by atoms with Crippen molar-refractivity contribution in [2.24, 2.45) is 0 Å². The zero-order valence-electron chi connectivity index (χ0n) is 16.4. The summed E-state index contributed by atoms with van der Waals surface area (Å²) in [5.74, 6) is 0.108. The molecule has 1 aromatic carbocycles. The van der Waals surface area contributed by atoms with Gasteiger partial charge in [0, 0.05) is 25.2 Å². The van der Waals surface area contributed by atoms with Gasteiger partial charge in [-0.25, -0.2) is 4.68 Å². The first-order valence-corrected chi connectivity index (χ1v) is 10.1. The number of amides is 1. The van der Waals surface area contributed by atoms with E-state index < -0.39 is 0 Å². The Labute approximate surface area is 161 Å². The van der Waals surface area contributed by atoms with Gasteiger partial charge >= 0.3 is 0 Å². The van der Waals surface area contributed by atoms with E-state index in [-0.39, 0.29) is 5.91 Å². The van der Waals surface area contributed by atoms with Crippen molar-refractivity contribution in [1.82, 2.24) is 24.8 Å². The van der Waals surface area contributed by atoms with Gasteiger partial charge in [-0.15, -0.1) is 5.10 Å². The zero-order chi connectivity index (χ0) is 18.8. The maximum atomic E-state index is 13.1. The van der Waals surface area contributed by atoms with E-state index in [1.165, 1.54) is 24.8 Å². The summed E-state index contributed by atoms with van der Waals surface area (Å²) in [5.41, 5.74) is 5.30. The van der Waals surface area contributed by atoms with Crippen LogP contribution in [-0.2, 0) is 19.6 Å². The van der Waals surface area contributed by atoms with Crippen molar-refractivity contribution in [3.8, 4) is 0 Å². The maximum Gasteiger partial charge on any atom is 0.254 e. The largest absolute Gasteiger partial charge is 0.333 e. The molecule has 0 spiro atoms. The van der Waals surface area contributed by atoms with Crippen LogP contribution in [0.15, 0.2) is 18.2 Å². The number of aryl methyl sites for hydroxylation is 3. The van der Waals surface area contributed by atoms with E-state index in [9.17, 15) is 4.79 Å². The number of rotatable bonds is 3. The minimum Gasteiger partial charge on any atom is -0.333 e. The van der Waals surface area contributed by atoms with Gasteiger partial charge in [-0.05, 0) is 69.5 Å². The lowest BCUT2D eigenvalue weighted by Crippen LogP contribution is -2.32. The Balaban J connectivity index is 1.53. The van der Waals surface area contributed by atoms with Gasteiger partial charge in [0.05, 0.1) is 12.2 Å². The standard InChI is InChI=1S/C21H29N5O/c1-16-7-8-18(13-17(16)2)21(27)25-11-6-12-26-20(15-25)19(22-23-26)14-24-9-4-3-5-10-24/h7-8,13H,3-6,9-12,14-15H2,1-2H3. The lowest BCUT2D eigenvalue weighted by molar-refractivity contribution is 0.0744. The molecular weight excluding hydrogens is 338 g/mol. The Morgan fingerprint density at radius 2 is 1.81 bits per heavy atom. The second kappa shape index (κ2) is 7.80. The molecule has 0 bridgehead atoms. The van der Waals surface area contributed by atoms with Crippen molar-refractivity contribution >= 4 is 5.91 Å². The van der Waals surface area contributed by atoms with E-state index in [4.69, 9.17) is 0 Å². The topological polar surface area (TPSA) is 54.3 Å². The van der Waals surface area contributed by atoms with Gasteiger partial charge in [0.2, 0.25) is 0 Å². The van der Waals surface area contributed by atoms with Gasteiger partial charge in [0.15, 0.2) is 0 Å². The zero-order valence-corrected chi connectivity index (χ0v) is 16.4. The number of hydrogen-bond donors (Lipinski definition) is 0. The Morgan fingerprint density at radius 3 is 2.59 bits per heavy atom. The Kier molecular flexibility index (Phi) is 5.25. The maximum absolute atomic E-state index is 13.1. The van der Waals surface area contributed by atoms with Gasteiger partial charge in [-0.3, -0.25) is 9.69 Å². The summed E-state index contributed by atoms with van der Waals surface area (Å²) >= 11 is 0. The van der Waals surface area contributed by atoms with Crippen LogP contribution in [-0.4, -0.2) is 50.3 Å². The van der Waals surface area contributed by atoms with Crippen molar-refractivity contribution in [2.75, 3.05) is 19.6 Å². The van der Waals surface area contributed by atoms with Crippen LogP contribution >= 0.6 is 0 Å². The normalized spacial score (nSPS) is 18.2. The van der Waals surface area contributed by atoms with Gasteiger partial charge in [0.1, 0.15) is 5.69 Å². The van der Waals surface area contributed by atoms with E-state index in [0.717, 1.165) is 61.7 Å². The molecule has 0 aliphatic carbocycles. The second-order valence-electron chi connectivity index (χ2n) is 7.92. The molecule has 0 atom stereocenters. The van der Waals surface area contributed by atoms with E-state index in [1.54, 1.807) is 0 Å². The van der Waals surface area contributed by atoms with Crippen LogP contribution in [0.2, 0.25) is 0 Å². The van der Waals surface area contributed by atoms with E-state index in [0.29, 0.717) is 6.54 Å². The first kappa shape index (κ1) is 18.2. The Bertz CT molecular complexity index is 822. The number of carbonyl (C=O) groups excluding carboxylic acids is 1. The van der Waals surface area contributed by atoms with Crippen molar-refractivity contribution in [2.45, 2.75) is 59.2 Å². The minimum atomic E-state index is 0.108. The summed E-state index contributed by atoms with van der Waals surface area (Å²) in [6, 6.07) is 5.99. The van der Waals surface area contributed by atoms with Gasteiger partial charge < -0.3 is 4.90 Å². The highest BCUT2D eigenvalue weighted by Crippen LogP contribution is 2.20. The van der Waals surface area contributed by atoms with Crippen LogP contribution in [0.1, 0.15) is 58.6 Å². The molecule has 1 saturated heterocycles. The smallest absolute Gasteiger partial charge is 0.254 e. The van der Waals surface area contributed by atoms with Crippen molar-refractivity contribution in [1.29, 1.82) is 0 Å². The van der Waals surface area contributed by atoms with Crippen molar-refractivity contribution < 1.29 is 4.79 Å². The number of carbonyl (C=O) groups is 1. The van der Waals surface area contributed by atoms with Crippen molar-refractivity contribution in [3.63, 3.8) is 0 Å². The number of piperidine rings is 1. The molecule has 6 heteroatoms. The fraction of sp³-hybridized carbons (Fsp3) is 0.571. The lowest BCUT2D eigenvalue weighted by Gasteiger charge is -2.26. The number of nitrogens with zero attached hydrogens (tertiary/aromatic N) is 5. The fourth-order valence-electron chi connectivity index (χ4n) is 4.07. The molecule has 3 heterocycles. The molecule has 1 amide bonds. The number of aromatic nitrogens is 3. The molecule has 144 valence electrons. The molecule has 0 radical (unpaired) electrons. The molecule has 6 nitrogen and oxygen atoms in total. The quantitative estimate of drug-likeness (QED) is 0.837. The number of benzene rings is 1. The molecule has 2 aromatic rings. The molecule has 0 N–H and O–H groups in total. The second-order valence-corrected chi connectivity index (χ2v) is 7.92. The lowest BCUT2D eigenvalue weighted by atomic mass is 10.1. The predicted octanol–water partition coefficient (Wildman–Crippen LogP) is 2.93. The summed E-state index contributed by atoms with van der Waals surface area (Å²) < 4.78 is 2.01. The van der Waals surface area contributed by atoms with Crippen LogP contribution in [0.5, 0.6) is 0 Å². The van der Waals surface area contributed by atoms with Gasteiger partial charge in [0.25, 0.3) is 5.91 Å². The molecular formula is C21H29N5O. The average Bonchev–Trinajstić information content (AvgIpc) is 2.92. The molecule has 2 aliphatic heterocycles. The molecule has 4 rings (SSSR count). The fourth-order valence-corrected chi connectivity index (χ4v) is 4.07. The number of hydrogen-bond acceptors (Lipinski definition) is 4. The molecule has 1 fully saturated rings. The third-order valence-corrected chi connectivity index (χ3v) is 5.92. The number of fused-ring (bicyclic) bond motifs is 1. The third-order valence-electron chi connectivity index (χ3n) is 5.92. The van der Waals surface area contributed by atoms with Crippen LogP contribution in [0.3, 0.4) is 0 Å². The summed E-state index contributed by atoms with van der Waals surface area (Å²) in [6.45, 7) is 9.45. The van der Waals surface area contributed by atoms with Crippen LogP contribution in [0.4, 0.5) is 0 Å². The highest BCUT2D eigenvalue weighted by molar-refractivity contribution is 5.94. The predicted molar refractivity (Wildman–Crippen MR) is 104 cm³/mol. The van der Waals surface area contributed by atoms with Gasteiger partial charge in [-0.2, -0.15) is 0 Å². The Hall–Kier alpha value is -2.21. The van der Waals surface area contributed by atoms with Crippen molar-refractivity contribution in [3.05, 3.63) is 46.3 Å². The summed E-state index contributed by atoms with van der Waals surface area (Å²) in [7, 11) is 0. The third kappa shape index (κ3) is 3.90. The molecule has 27 heavy (non-hydrogen) atoms. The highest BCUT2D eigenvalue weighted by atomic mass is 16.2. The SMILES string of the molecule is Cc1ccc(C(=O)N2CCCn3nnc(CN4CCCCC4)c3C2)cc1C. The Morgan fingerprint density at radius 1 is 1.00 bits per heavy atom. The first-order chi connectivity index (χ1) is 13.1. The average molecular weight is 367 g/mol. The van der Waals surface area contributed by atoms with Crippen LogP contribution in [0.25, 0.3) is 0 Å². The van der Waals surface area contributed by atoms with E-state index in [2.05, 4.69) is 29.1 Å². The van der Waals surface area contributed by atoms with Crippen LogP contribution < -0.4 is 0 Å². The first-order valence-electron chi connectivity index (χ1n) is 10.1. The molecule has 0 unspecified atom stereocenters. The molecule has 1 aromatic heterocycles. The molecule has 0 saturated carbocycles. The van der Waals surface area contributed by atoms with E-state index >= 15 is 0 Å². The van der Waals surface area contributed by atoms with Gasteiger partial charge in [-0.1, -0.05) is 17.7 Å². The monoisotopic (exact) mass is 367 g/mol. The summed E-state index contributed by atoms with van der Waals surface area (Å²) in [4.78, 5) is 17.5. The summed E-state index contributed by atoms with van der Waals surface area (Å²) in [5, 5.41) is 8.84.